The number of likely N-dealkylation sites (tertiary alicyclic amines) is 1. The number of hydrogen-bond donors (Lipinski definition) is 0. The van der Waals surface area contributed by atoms with Crippen molar-refractivity contribution in [2.24, 2.45) is 0 Å². The van der Waals surface area contributed by atoms with Gasteiger partial charge in [-0.2, -0.15) is 0 Å². The Hall–Kier alpha value is -1.75. The summed E-state index contributed by atoms with van der Waals surface area (Å²) in [6.45, 7) is 4.46. The molecule has 0 saturated carbocycles. The van der Waals surface area contributed by atoms with Crippen LogP contribution in [0.1, 0.15) is 25.7 Å². The van der Waals surface area contributed by atoms with E-state index in [4.69, 9.17) is 4.74 Å². The lowest BCUT2D eigenvalue weighted by molar-refractivity contribution is -0.133. The first-order chi connectivity index (χ1) is 11.7. The summed E-state index contributed by atoms with van der Waals surface area (Å²) in [7, 11) is 3.86. The second-order valence-electron chi connectivity index (χ2n) is 6.87. The van der Waals surface area contributed by atoms with E-state index < -0.39 is 0 Å². The summed E-state index contributed by atoms with van der Waals surface area (Å²) in [6, 6.07) is 8.54. The van der Waals surface area contributed by atoms with Crippen molar-refractivity contribution in [2.45, 2.75) is 31.7 Å². The highest BCUT2D eigenvalue weighted by Gasteiger charge is 2.27. The Morgan fingerprint density at radius 3 is 2.58 bits per heavy atom. The van der Waals surface area contributed by atoms with Crippen LogP contribution < -0.4 is 9.64 Å². The van der Waals surface area contributed by atoms with Gasteiger partial charge in [-0.1, -0.05) is 18.6 Å². The standard InChI is InChI=1S/C19H29N3O2/c1-20-10-6-5-7-16(20)15-19(23)22-13-11-21(12-14-22)17-8-3-4-9-18(17)24-2/h3-4,8-9,16H,5-7,10-15H2,1-2H3. The number of methoxy groups -OCH3 is 1. The first-order valence-corrected chi connectivity index (χ1v) is 9.05. The van der Waals surface area contributed by atoms with Crippen LogP contribution in [0.15, 0.2) is 24.3 Å². The second kappa shape index (κ2) is 7.88. The summed E-state index contributed by atoms with van der Waals surface area (Å²) in [6.07, 6.45) is 4.34. The van der Waals surface area contributed by atoms with E-state index in [1.54, 1.807) is 7.11 Å². The fraction of sp³-hybridized carbons (Fsp3) is 0.632. The molecule has 1 amide bonds. The molecule has 132 valence electrons. The van der Waals surface area contributed by atoms with Gasteiger partial charge >= 0.3 is 0 Å². The van der Waals surface area contributed by atoms with Crippen molar-refractivity contribution in [3.05, 3.63) is 24.3 Å². The average Bonchev–Trinajstić information content (AvgIpc) is 2.63. The average molecular weight is 331 g/mol. The summed E-state index contributed by atoms with van der Waals surface area (Å²) in [5.74, 6) is 1.22. The topological polar surface area (TPSA) is 36.0 Å². The van der Waals surface area contributed by atoms with Gasteiger partial charge in [0, 0.05) is 38.6 Å². The minimum atomic E-state index is 0.313. The Kier molecular flexibility index (Phi) is 5.61. The number of anilines is 1. The van der Waals surface area contributed by atoms with Crippen molar-refractivity contribution >= 4 is 11.6 Å². The highest BCUT2D eigenvalue weighted by Crippen LogP contribution is 2.28. The van der Waals surface area contributed by atoms with Gasteiger partial charge in [0.1, 0.15) is 5.75 Å². The van der Waals surface area contributed by atoms with Crippen molar-refractivity contribution < 1.29 is 9.53 Å². The van der Waals surface area contributed by atoms with E-state index in [1.165, 1.54) is 12.8 Å². The third kappa shape index (κ3) is 3.83. The molecule has 1 aromatic rings. The molecule has 0 N–H and O–H groups in total. The van der Waals surface area contributed by atoms with Crippen molar-refractivity contribution in [2.75, 3.05) is 51.8 Å². The lowest BCUT2D eigenvalue weighted by Gasteiger charge is -2.38. The minimum absolute atomic E-state index is 0.313. The van der Waals surface area contributed by atoms with Gasteiger partial charge < -0.3 is 19.4 Å². The van der Waals surface area contributed by atoms with E-state index in [0.717, 1.165) is 50.6 Å². The number of benzene rings is 1. The largest absolute Gasteiger partial charge is 0.495 e. The monoisotopic (exact) mass is 331 g/mol. The van der Waals surface area contributed by atoms with Crippen LogP contribution in [0, 0.1) is 0 Å². The van der Waals surface area contributed by atoms with Crippen LogP contribution in [0.25, 0.3) is 0 Å². The number of ether oxygens (including phenoxy) is 1. The SMILES string of the molecule is COc1ccccc1N1CCN(C(=O)CC2CCCCN2C)CC1. The first kappa shape index (κ1) is 17.1. The summed E-state index contributed by atoms with van der Waals surface area (Å²) in [5.41, 5.74) is 1.12. The van der Waals surface area contributed by atoms with E-state index in [9.17, 15) is 4.79 Å². The molecule has 0 aromatic heterocycles. The molecule has 1 atom stereocenters. The van der Waals surface area contributed by atoms with Gasteiger partial charge in [0.05, 0.1) is 12.8 Å². The molecular formula is C19H29N3O2. The Morgan fingerprint density at radius 1 is 1.12 bits per heavy atom. The van der Waals surface area contributed by atoms with Crippen LogP contribution >= 0.6 is 0 Å². The first-order valence-electron chi connectivity index (χ1n) is 9.05. The number of carbonyl (C=O) groups excluding carboxylic acids is 1. The van der Waals surface area contributed by atoms with Gasteiger partial charge in [-0.05, 0) is 38.6 Å². The van der Waals surface area contributed by atoms with Gasteiger partial charge in [0.15, 0.2) is 0 Å². The number of piperazine rings is 1. The van der Waals surface area contributed by atoms with Crippen molar-refractivity contribution in [1.29, 1.82) is 0 Å². The molecule has 0 bridgehead atoms. The Morgan fingerprint density at radius 2 is 1.88 bits per heavy atom. The van der Waals surface area contributed by atoms with Gasteiger partial charge in [-0.15, -0.1) is 0 Å². The number of piperidine rings is 1. The Labute approximate surface area is 145 Å². The third-order valence-electron chi connectivity index (χ3n) is 5.39. The zero-order valence-corrected chi connectivity index (χ0v) is 14.9. The van der Waals surface area contributed by atoms with Gasteiger partial charge in [-0.25, -0.2) is 0 Å². The molecule has 2 saturated heterocycles. The molecule has 1 aromatic carbocycles. The molecule has 5 heteroatoms. The van der Waals surface area contributed by atoms with E-state index in [0.29, 0.717) is 18.4 Å². The normalized spacial score (nSPS) is 22.5. The Balaban J connectivity index is 1.54. The zero-order chi connectivity index (χ0) is 16.9. The van der Waals surface area contributed by atoms with Crippen molar-refractivity contribution in [3.63, 3.8) is 0 Å². The minimum Gasteiger partial charge on any atom is -0.495 e. The van der Waals surface area contributed by atoms with Crippen molar-refractivity contribution in [1.82, 2.24) is 9.80 Å². The molecule has 5 nitrogen and oxygen atoms in total. The zero-order valence-electron chi connectivity index (χ0n) is 14.9. The predicted molar refractivity (Wildman–Crippen MR) is 96.7 cm³/mol. The summed E-state index contributed by atoms with van der Waals surface area (Å²) in [4.78, 5) is 19.3. The van der Waals surface area contributed by atoms with E-state index in [-0.39, 0.29) is 0 Å². The number of carbonyl (C=O) groups is 1. The third-order valence-corrected chi connectivity index (χ3v) is 5.39. The number of para-hydroxylation sites is 2. The fourth-order valence-corrected chi connectivity index (χ4v) is 3.82. The predicted octanol–water partition coefficient (Wildman–Crippen LogP) is 2.22. The molecule has 24 heavy (non-hydrogen) atoms. The lowest BCUT2D eigenvalue weighted by Crippen LogP contribution is -2.50. The fourth-order valence-electron chi connectivity index (χ4n) is 3.82. The molecule has 0 spiro atoms. The Bertz CT molecular complexity index is 555. The van der Waals surface area contributed by atoms with E-state index in [1.807, 2.05) is 23.1 Å². The number of nitrogens with zero attached hydrogens (tertiary/aromatic N) is 3. The maximum atomic E-state index is 12.6. The maximum Gasteiger partial charge on any atom is 0.224 e. The highest BCUT2D eigenvalue weighted by atomic mass is 16.5. The molecule has 0 aliphatic carbocycles. The molecule has 2 aliphatic rings. The quantitative estimate of drug-likeness (QED) is 0.848. The number of amides is 1. The van der Waals surface area contributed by atoms with Crippen LogP contribution in [0.2, 0.25) is 0 Å². The molecule has 0 radical (unpaired) electrons. The summed E-state index contributed by atoms with van der Waals surface area (Å²) in [5, 5.41) is 0. The lowest BCUT2D eigenvalue weighted by atomic mass is 9.99. The number of hydrogen-bond acceptors (Lipinski definition) is 4. The van der Waals surface area contributed by atoms with Crippen molar-refractivity contribution in [3.8, 4) is 5.75 Å². The molecule has 2 fully saturated rings. The van der Waals surface area contributed by atoms with Gasteiger partial charge in [0.25, 0.3) is 0 Å². The molecule has 3 rings (SSSR count). The summed E-state index contributed by atoms with van der Waals surface area (Å²) >= 11 is 0. The highest BCUT2D eigenvalue weighted by molar-refractivity contribution is 5.77. The van der Waals surface area contributed by atoms with Crippen LogP contribution in [0.5, 0.6) is 5.75 Å². The van der Waals surface area contributed by atoms with Gasteiger partial charge in [-0.3, -0.25) is 4.79 Å². The van der Waals surface area contributed by atoms with Crippen LogP contribution in [0.4, 0.5) is 5.69 Å². The molecular weight excluding hydrogens is 302 g/mol. The maximum absolute atomic E-state index is 12.6. The van der Waals surface area contributed by atoms with Crippen LogP contribution in [-0.2, 0) is 4.79 Å². The molecule has 1 unspecified atom stereocenters. The number of rotatable bonds is 4. The molecule has 2 aliphatic heterocycles. The second-order valence-corrected chi connectivity index (χ2v) is 6.87. The summed E-state index contributed by atoms with van der Waals surface area (Å²) < 4.78 is 5.46. The molecule has 2 heterocycles. The van der Waals surface area contributed by atoms with Gasteiger partial charge in [0.2, 0.25) is 5.91 Å². The van der Waals surface area contributed by atoms with E-state index in [2.05, 4.69) is 22.9 Å². The van der Waals surface area contributed by atoms with Crippen LogP contribution in [0.3, 0.4) is 0 Å². The van der Waals surface area contributed by atoms with Crippen LogP contribution in [-0.4, -0.2) is 68.6 Å². The van der Waals surface area contributed by atoms with E-state index >= 15 is 0 Å². The smallest absolute Gasteiger partial charge is 0.224 e.